The van der Waals surface area contributed by atoms with Crippen molar-refractivity contribution in [2.45, 2.75) is 11.8 Å². The average molecular weight is 194 g/mol. The fourth-order valence-corrected chi connectivity index (χ4v) is 1.81. The first kappa shape index (κ1) is 9.55. The Hall–Kier alpha value is -0.533. The molecule has 0 saturated heterocycles. The molecule has 0 nitrogen and oxygen atoms in total. The minimum Gasteiger partial charge on any atom is -0.117 e. The van der Waals surface area contributed by atoms with Gasteiger partial charge in [-0.2, -0.15) is 0 Å². The van der Waals surface area contributed by atoms with Gasteiger partial charge >= 0.3 is 0 Å². The molecule has 1 aromatic carbocycles. The van der Waals surface area contributed by atoms with Gasteiger partial charge in [0.15, 0.2) is 0 Å². The van der Waals surface area contributed by atoms with Gasteiger partial charge < -0.3 is 0 Å². The molecule has 0 aliphatic rings. The van der Waals surface area contributed by atoms with Crippen molar-refractivity contribution in [3.8, 4) is 0 Å². The molecule has 1 atom stereocenters. The molecule has 0 N–H and O–H groups in total. The topological polar surface area (TPSA) is 0 Å². The quantitative estimate of drug-likeness (QED) is 0.393. The van der Waals surface area contributed by atoms with Crippen LogP contribution in [0.5, 0.6) is 0 Å². The zero-order chi connectivity index (χ0) is 8.97. The summed E-state index contributed by atoms with van der Waals surface area (Å²) in [6, 6.07) is 7.97. The average Bonchev–Trinajstić information content (AvgIpc) is 2.05. The second kappa shape index (κ2) is 4.48. The van der Waals surface area contributed by atoms with Gasteiger partial charge in [0, 0.05) is 0 Å². The first-order valence-electron chi connectivity index (χ1n) is 3.81. The smallest absolute Gasteiger partial charge is 0.0716 e. The van der Waals surface area contributed by atoms with Crippen molar-refractivity contribution >= 4 is 27.0 Å². The van der Waals surface area contributed by atoms with Gasteiger partial charge in [-0.25, -0.2) is 0 Å². The van der Waals surface area contributed by atoms with Crippen LogP contribution in [-0.2, 0) is 0 Å². The van der Waals surface area contributed by atoms with Gasteiger partial charge in [-0.15, -0.1) is 18.2 Å². The highest BCUT2D eigenvalue weighted by Crippen LogP contribution is 2.21. The molecule has 0 aliphatic heterocycles. The summed E-state index contributed by atoms with van der Waals surface area (Å²) in [7, 11) is 3.50. The first-order chi connectivity index (χ1) is 5.75. The molecule has 3 radical (unpaired) electrons. The van der Waals surface area contributed by atoms with Crippen LogP contribution in [0.4, 0.5) is 0 Å². The maximum absolute atomic E-state index is 6.11. The lowest BCUT2D eigenvalue weighted by molar-refractivity contribution is 0.966. The minimum absolute atomic E-state index is 0.0243. The number of halogens is 1. The Morgan fingerprint density at radius 3 is 2.75 bits per heavy atom. The molecule has 0 spiro atoms. The Morgan fingerprint density at radius 1 is 1.50 bits per heavy atom. The standard InChI is InChI=1S/C10H10ClSi/c1-2-5-9(11)8-6-3-4-7-10(8)12/h2-4,6-7,9H,1,5H2. The predicted molar refractivity (Wildman–Crippen MR) is 55.2 cm³/mol. The van der Waals surface area contributed by atoms with Crippen LogP contribution in [0.3, 0.4) is 0 Å². The zero-order valence-electron chi connectivity index (χ0n) is 6.76. The van der Waals surface area contributed by atoms with E-state index >= 15 is 0 Å². The monoisotopic (exact) mass is 193 g/mol. The lowest BCUT2D eigenvalue weighted by Gasteiger charge is -2.09. The summed E-state index contributed by atoms with van der Waals surface area (Å²) in [6.07, 6.45) is 2.62. The maximum atomic E-state index is 6.11. The van der Waals surface area contributed by atoms with E-state index < -0.39 is 0 Å². The molecule has 61 valence electrons. The molecule has 1 unspecified atom stereocenters. The third-order valence-corrected chi connectivity index (χ3v) is 2.54. The minimum atomic E-state index is 0.0243. The summed E-state index contributed by atoms with van der Waals surface area (Å²) in [6.45, 7) is 3.66. The van der Waals surface area contributed by atoms with Gasteiger partial charge in [-0.3, -0.25) is 0 Å². The van der Waals surface area contributed by atoms with Crippen LogP contribution in [0.2, 0.25) is 0 Å². The van der Waals surface area contributed by atoms with E-state index in [1.165, 1.54) is 0 Å². The molecule has 0 saturated carbocycles. The molecule has 0 aromatic heterocycles. The normalized spacial score (nSPS) is 12.5. The highest BCUT2D eigenvalue weighted by Gasteiger charge is 2.06. The summed E-state index contributed by atoms with van der Waals surface area (Å²) in [5.74, 6) is 0. The van der Waals surface area contributed by atoms with Crippen LogP contribution >= 0.6 is 11.6 Å². The highest BCUT2D eigenvalue weighted by atomic mass is 35.5. The van der Waals surface area contributed by atoms with Crippen LogP contribution in [0.15, 0.2) is 36.9 Å². The number of hydrogen-bond donors (Lipinski definition) is 0. The van der Waals surface area contributed by atoms with E-state index in [-0.39, 0.29) is 5.38 Å². The second-order valence-electron chi connectivity index (χ2n) is 2.58. The second-order valence-corrected chi connectivity index (χ2v) is 3.64. The number of benzene rings is 1. The van der Waals surface area contributed by atoms with Crippen LogP contribution in [0.25, 0.3) is 0 Å². The molecule has 2 heteroatoms. The predicted octanol–water partition coefficient (Wildman–Crippen LogP) is 2.34. The Kier molecular flexibility index (Phi) is 3.57. The van der Waals surface area contributed by atoms with Crippen molar-refractivity contribution in [1.82, 2.24) is 0 Å². The van der Waals surface area contributed by atoms with Crippen LogP contribution in [0, 0.1) is 0 Å². The van der Waals surface area contributed by atoms with Crippen LogP contribution in [0.1, 0.15) is 17.4 Å². The summed E-state index contributed by atoms with van der Waals surface area (Å²) in [4.78, 5) is 0. The van der Waals surface area contributed by atoms with E-state index in [1.807, 2.05) is 30.3 Å². The maximum Gasteiger partial charge on any atom is 0.0716 e. The number of rotatable bonds is 3. The van der Waals surface area contributed by atoms with Gasteiger partial charge in [-0.05, 0) is 12.0 Å². The number of alkyl halides is 1. The summed E-state index contributed by atoms with van der Waals surface area (Å²) >= 11 is 6.11. The van der Waals surface area contributed by atoms with Crippen molar-refractivity contribution in [2.24, 2.45) is 0 Å². The Morgan fingerprint density at radius 2 is 2.17 bits per heavy atom. The van der Waals surface area contributed by atoms with Gasteiger partial charge in [0.1, 0.15) is 0 Å². The molecular formula is C10H10ClSi. The van der Waals surface area contributed by atoms with E-state index in [0.29, 0.717) is 0 Å². The third kappa shape index (κ3) is 2.22. The van der Waals surface area contributed by atoms with E-state index in [9.17, 15) is 0 Å². The van der Waals surface area contributed by atoms with Crippen molar-refractivity contribution in [3.63, 3.8) is 0 Å². The highest BCUT2D eigenvalue weighted by molar-refractivity contribution is 6.34. The van der Waals surface area contributed by atoms with Gasteiger partial charge in [-0.1, -0.05) is 35.5 Å². The Balaban J connectivity index is 2.86. The van der Waals surface area contributed by atoms with Gasteiger partial charge in [0.2, 0.25) is 0 Å². The molecule has 1 aromatic rings. The number of allylic oxidation sites excluding steroid dienone is 1. The molecular weight excluding hydrogens is 184 g/mol. The molecule has 1 rings (SSSR count). The van der Waals surface area contributed by atoms with Gasteiger partial charge in [0.05, 0.1) is 15.6 Å². The van der Waals surface area contributed by atoms with E-state index in [1.54, 1.807) is 0 Å². The SMILES string of the molecule is C=CCC(Cl)c1ccccc1[Si]. The fourth-order valence-electron chi connectivity index (χ4n) is 1.04. The first-order valence-corrected chi connectivity index (χ1v) is 4.75. The Bertz CT molecular complexity index is 270. The van der Waals surface area contributed by atoms with E-state index in [2.05, 4.69) is 16.8 Å². The zero-order valence-corrected chi connectivity index (χ0v) is 8.51. The fraction of sp³-hybridized carbons (Fsp3) is 0.200. The van der Waals surface area contributed by atoms with Crippen LogP contribution < -0.4 is 5.19 Å². The largest absolute Gasteiger partial charge is 0.117 e. The lowest BCUT2D eigenvalue weighted by Crippen LogP contribution is -2.10. The summed E-state index contributed by atoms with van der Waals surface area (Å²) < 4.78 is 0. The Labute approximate surface area is 81.7 Å². The van der Waals surface area contributed by atoms with E-state index in [4.69, 9.17) is 11.6 Å². The molecule has 0 aliphatic carbocycles. The summed E-state index contributed by atoms with van der Waals surface area (Å²) in [5, 5.41) is 1.08. The third-order valence-electron chi connectivity index (χ3n) is 1.67. The molecule has 0 fully saturated rings. The van der Waals surface area contributed by atoms with Gasteiger partial charge in [0.25, 0.3) is 0 Å². The molecule has 0 heterocycles. The molecule has 0 bridgehead atoms. The van der Waals surface area contributed by atoms with E-state index in [0.717, 1.165) is 17.2 Å². The lowest BCUT2D eigenvalue weighted by atomic mass is 10.1. The van der Waals surface area contributed by atoms with Crippen LogP contribution in [-0.4, -0.2) is 10.2 Å². The van der Waals surface area contributed by atoms with Crippen molar-refractivity contribution in [3.05, 3.63) is 42.5 Å². The van der Waals surface area contributed by atoms with Crippen molar-refractivity contribution in [2.75, 3.05) is 0 Å². The van der Waals surface area contributed by atoms with Crippen molar-refractivity contribution in [1.29, 1.82) is 0 Å². The molecule has 0 amide bonds. The summed E-state index contributed by atoms with van der Waals surface area (Å²) in [5.41, 5.74) is 1.12. The van der Waals surface area contributed by atoms with Crippen molar-refractivity contribution < 1.29 is 0 Å². The molecule has 12 heavy (non-hydrogen) atoms. The number of hydrogen-bond acceptors (Lipinski definition) is 0.